The summed E-state index contributed by atoms with van der Waals surface area (Å²) in [7, 11) is 1.68. The normalized spacial score (nSPS) is 10.6. The summed E-state index contributed by atoms with van der Waals surface area (Å²) < 4.78 is 7.10. The molecule has 2 rings (SSSR count). The Morgan fingerprint density at radius 2 is 1.94 bits per heavy atom. The van der Waals surface area contributed by atoms with E-state index in [9.17, 15) is 0 Å². The van der Waals surface area contributed by atoms with Gasteiger partial charge in [-0.2, -0.15) is 5.10 Å². The highest BCUT2D eigenvalue weighted by molar-refractivity contribution is 5.27. The van der Waals surface area contributed by atoms with E-state index in [4.69, 9.17) is 10.5 Å². The van der Waals surface area contributed by atoms with Crippen LogP contribution in [0.4, 0.5) is 0 Å². The SMILES string of the molecule is COc1ccc(CCn2cc(CCN)cn2)cc1. The Labute approximate surface area is 107 Å². The number of nitrogens with two attached hydrogens (primary N) is 1. The van der Waals surface area contributed by atoms with Gasteiger partial charge in [0.1, 0.15) is 5.75 Å². The molecule has 0 fully saturated rings. The third-order valence-electron chi connectivity index (χ3n) is 2.91. The van der Waals surface area contributed by atoms with Crippen molar-refractivity contribution in [1.82, 2.24) is 9.78 Å². The second-order valence-electron chi connectivity index (χ2n) is 4.25. The number of ether oxygens (including phenoxy) is 1. The minimum Gasteiger partial charge on any atom is -0.497 e. The number of aromatic nitrogens is 2. The van der Waals surface area contributed by atoms with E-state index in [0.717, 1.165) is 25.1 Å². The topological polar surface area (TPSA) is 53.1 Å². The fourth-order valence-corrected chi connectivity index (χ4v) is 1.86. The fraction of sp³-hybridized carbons (Fsp3) is 0.357. The molecule has 0 unspecified atom stereocenters. The quantitative estimate of drug-likeness (QED) is 0.841. The highest BCUT2D eigenvalue weighted by atomic mass is 16.5. The van der Waals surface area contributed by atoms with Gasteiger partial charge in [-0.25, -0.2) is 0 Å². The zero-order chi connectivity index (χ0) is 12.8. The van der Waals surface area contributed by atoms with Crippen molar-refractivity contribution in [1.29, 1.82) is 0 Å². The van der Waals surface area contributed by atoms with Gasteiger partial charge in [0.2, 0.25) is 0 Å². The molecule has 0 amide bonds. The molecule has 0 bridgehead atoms. The summed E-state index contributed by atoms with van der Waals surface area (Å²) in [6, 6.07) is 8.14. The van der Waals surface area contributed by atoms with Crippen LogP contribution in [0.5, 0.6) is 5.75 Å². The van der Waals surface area contributed by atoms with Crippen molar-refractivity contribution in [3.05, 3.63) is 47.8 Å². The maximum absolute atomic E-state index is 5.51. The maximum atomic E-state index is 5.51. The lowest BCUT2D eigenvalue weighted by atomic mass is 10.1. The predicted molar refractivity (Wildman–Crippen MR) is 71.7 cm³/mol. The molecular weight excluding hydrogens is 226 g/mol. The molecule has 0 saturated heterocycles. The Balaban J connectivity index is 1.89. The summed E-state index contributed by atoms with van der Waals surface area (Å²) >= 11 is 0. The van der Waals surface area contributed by atoms with Gasteiger partial charge < -0.3 is 10.5 Å². The van der Waals surface area contributed by atoms with Gasteiger partial charge in [0.05, 0.1) is 13.3 Å². The number of hydrogen-bond acceptors (Lipinski definition) is 3. The number of aryl methyl sites for hydroxylation is 2. The van der Waals surface area contributed by atoms with Crippen LogP contribution < -0.4 is 10.5 Å². The van der Waals surface area contributed by atoms with E-state index in [1.807, 2.05) is 23.0 Å². The molecular formula is C14H19N3O. The van der Waals surface area contributed by atoms with Gasteiger partial charge in [0, 0.05) is 12.7 Å². The fourth-order valence-electron chi connectivity index (χ4n) is 1.86. The molecule has 2 N–H and O–H groups in total. The summed E-state index contributed by atoms with van der Waals surface area (Å²) in [6.45, 7) is 1.56. The van der Waals surface area contributed by atoms with Gasteiger partial charge in [-0.3, -0.25) is 4.68 Å². The smallest absolute Gasteiger partial charge is 0.118 e. The molecule has 0 radical (unpaired) electrons. The van der Waals surface area contributed by atoms with Crippen molar-refractivity contribution in [2.45, 2.75) is 19.4 Å². The molecule has 2 aromatic rings. The molecule has 0 aliphatic carbocycles. The lowest BCUT2D eigenvalue weighted by Gasteiger charge is -2.04. The van der Waals surface area contributed by atoms with Crippen LogP contribution in [0, 0.1) is 0 Å². The van der Waals surface area contributed by atoms with Gasteiger partial charge in [-0.1, -0.05) is 12.1 Å². The molecule has 0 atom stereocenters. The first-order valence-corrected chi connectivity index (χ1v) is 6.16. The molecule has 18 heavy (non-hydrogen) atoms. The number of methoxy groups -OCH3 is 1. The van der Waals surface area contributed by atoms with Gasteiger partial charge in [0.25, 0.3) is 0 Å². The van der Waals surface area contributed by atoms with E-state index in [1.165, 1.54) is 11.1 Å². The van der Waals surface area contributed by atoms with E-state index < -0.39 is 0 Å². The second-order valence-corrected chi connectivity index (χ2v) is 4.25. The molecule has 1 aromatic carbocycles. The maximum Gasteiger partial charge on any atom is 0.118 e. The molecule has 0 saturated carbocycles. The summed E-state index contributed by atoms with van der Waals surface area (Å²) in [5, 5.41) is 4.32. The average Bonchev–Trinajstić information content (AvgIpc) is 2.85. The van der Waals surface area contributed by atoms with Crippen LogP contribution in [0.15, 0.2) is 36.7 Å². The highest BCUT2D eigenvalue weighted by Gasteiger charge is 1.99. The largest absolute Gasteiger partial charge is 0.497 e. The van der Waals surface area contributed by atoms with Crippen LogP contribution in [0.2, 0.25) is 0 Å². The summed E-state index contributed by atoms with van der Waals surface area (Å²) in [5.74, 6) is 0.892. The first-order valence-electron chi connectivity index (χ1n) is 6.16. The van der Waals surface area contributed by atoms with Crippen LogP contribution in [-0.2, 0) is 19.4 Å². The molecule has 1 aromatic heterocycles. The van der Waals surface area contributed by atoms with E-state index in [-0.39, 0.29) is 0 Å². The van der Waals surface area contributed by atoms with Crippen LogP contribution in [0.1, 0.15) is 11.1 Å². The summed E-state index contributed by atoms with van der Waals surface area (Å²) in [4.78, 5) is 0. The Morgan fingerprint density at radius 1 is 1.17 bits per heavy atom. The molecule has 96 valence electrons. The predicted octanol–water partition coefficient (Wildman–Crippen LogP) is 1.64. The number of rotatable bonds is 6. The number of hydrogen-bond donors (Lipinski definition) is 1. The van der Waals surface area contributed by atoms with Gasteiger partial charge in [0.15, 0.2) is 0 Å². The zero-order valence-corrected chi connectivity index (χ0v) is 10.7. The van der Waals surface area contributed by atoms with E-state index in [2.05, 4.69) is 23.4 Å². The molecule has 0 aliphatic heterocycles. The minimum absolute atomic E-state index is 0.671. The van der Waals surface area contributed by atoms with Crippen molar-refractivity contribution >= 4 is 0 Å². The van der Waals surface area contributed by atoms with Crippen LogP contribution in [0.3, 0.4) is 0 Å². The number of benzene rings is 1. The van der Waals surface area contributed by atoms with Crippen molar-refractivity contribution in [3.8, 4) is 5.75 Å². The zero-order valence-electron chi connectivity index (χ0n) is 10.7. The highest BCUT2D eigenvalue weighted by Crippen LogP contribution is 2.12. The van der Waals surface area contributed by atoms with Crippen molar-refractivity contribution < 1.29 is 4.74 Å². The Bertz CT molecular complexity index is 476. The number of nitrogens with zero attached hydrogens (tertiary/aromatic N) is 2. The summed E-state index contributed by atoms with van der Waals surface area (Å²) in [6.07, 6.45) is 5.81. The third kappa shape index (κ3) is 3.34. The van der Waals surface area contributed by atoms with Gasteiger partial charge in [-0.15, -0.1) is 0 Å². The molecule has 0 spiro atoms. The molecule has 4 nitrogen and oxygen atoms in total. The van der Waals surface area contributed by atoms with Gasteiger partial charge >= 0.3 is 0 Å². The average molecular weight is 245 g/mol. The van der Waals surface area contributed by atoms with Crippen LogP contribution in [-0.4, -0.2) is 23.4 Å². The monoisotopic (exact) mass is 245 g/mol. The molecule has 1 heterocycles. The van der Waals surface area contributed by atoms with Gasteiger partial charge in [-0.05, 0) is 42.6 Å². The first-order chi connectivity index (χ1) is 8.81. The Hall–Kier alpha value is -1.81. The van der Waals surface area contributed by atoms with Crippen LogP contribution in [0.25, 0.3) is 0 Å². The van der Waals surface area contributed by atoms with Crippen LogP contribution >= 0.6 is 0 Å². The second kappa shape index (κ2) is 6.21. The lowest BCUT2D eigenvalue weighted by Crippen LogP contribution is -2.03. The Morgan fingerprint density at radius 3 is 2.61 bits per heavy atom. The van der Waals surface area contributed by atoms with E-state index >= 15 is 0 Å². The molecule has 0 aliphatic rings. The molecule has 4 heteroatoms. The first kappa shape index (κ1) is 12.6. The summed E-state index contributed by atoms with van der Waals surface area (Å²) in [5.41, 5.74) is 8.00. The lowest BCUT2D eigenvalue weighted by molar-refractivity contribution is 0.414. The third-order valence-corrected chi connectivity index (χ3v) is 2.91. The van der Waals surface area contributed by atoms with Crippen molar-refractivity contribution in [2.24, 2.45) is 5.73 Å². The van der Waals surface area contributed by atoms with E-state index in [0.29, 0.717) is 6.54 Å². The van der Waals surface area contributed by atoms with E-state index in [1.54, 1.807) is 7.11 Å². The standard InChI is InChI=1S/C14H19N3O/c1-18-14-4-2-12(3-5-14)7-9-17-11-13(6-8-15)10-16-17/h2-5,10-11H,6-9,15H2,1H3. The van der Waals surface area contributed by atoms with Crippen molar-refractivity contribution in [2.75, 3.05) is 13.7 Å². The Kier molecular flexibility index (Phi) is 4.36. The van der Waals surface area contributed by atoms with Crippen molar-refractivity contribution in [3.63, 3.8) is 0 Å². The minimum atomic E-state index is 0.671.